The minimum absolute atomic E-state index is 0.368. The topological polar surface area (TPSA) is 167 Å². The van der Waals surface area contributed by atoms with E-state index in [-0.39, 0.29) is 12.8 Å². The molecule has 0 amide bonds. The van der Waals surface area contributed by atoms with Crippen molar-refractivity contribution in [2.45, 2.75) is 77.0 Å². The first-order valence-corrected chi connectivity index (χ1v) is 11.8. The second kappa shape index (κ2) is 10.3. The molecule has 12 heteroatoms. The van der Waals surface area contributed by atoms with E-state index in [4.69, 9.17) is 0 Å². The lowest BCUT2D eigenvalue weighted by Crippen LogP contribution is -2.39. The predicted octanol–water partition coefficient (Wildman–Crippen LogP) is 0.665. The van der Waals surface area contributed by atoms with Crippen LogP contribution in [0.1, 0.15) is 54.4 Å². The average molecular weight is 443 g/mol. The maximum absolute atomic E-state index is 11.9. The van der Waals surface area contributed by atoms with Crippen molar-refractivity contribution < 1.29 is 36.6 Å². The minimum atomic E-state index is -3.68. The molecule has 0 aromatic heterocycles. The molecule has 10 nitrogen and oxygen atoms in total. The van der Waals surface area contributed by atoms with Gasteiger partial charge in [0.25, 0.3) is 0 Å². The van der Waals surface area contributed by atoms with E-state index in [0.29, 0.717) is 0 Å². The highest BCUT2D eigenvalue weighted by atomic mass is 32.2. The van der Waals surface area contributed by atoms with E-state index in [1.165, 1.54) is 41.5 Å². The van der Waals surface area contributed by atoms with Gasteiger partial charge in [0.2, 0.25) is 20.0 Å². The maximum Gasteiger partial charge on any atom is 0.332 e. The summed E-state index contributed by atoms with van der Waals surface area (Å²) < 4.78 is 52.3. The van der Waals surface area contributed by atoms with Gasteiger partial charge in [0, 0.05) is 23.2 Å². The fourth-order valence-electron chi connectivity index (χ4n) is 2.21. The molecule has 0 saturated carbocycles. The molecular weight excluding hydrogens is 412 g/mol. The molecule has 0 rings (SSSR count). The van der Waals surface area contributed by atoms with Crippen molar-refractivity contribution in [1.29, 1.82) is 0 Å². The van der Waals surface area contributed by atoms with Crippen molar-refractivity contribution in [3.8, 4) is 0 Å². The number of carboxylic acids is 2. The molecule has 0 aliphatic heterocycles. The smallest absolute Gasteiger partial charge is 0.332 e. The summed E-state index contributed by atoms with van der Waals surface area (Å²) in [6.07, 6.45) is -0.737. The largest absolute Gasteiger partial charge is 0.478 e. The zero-order valence-corrected chi connectivity index (χ0v) is 18.5. The number of aliphatic carboxylic acids is 2. The van der Waals surface area contributed by atoms with Crippen LogP contribution in [-0.4, -0.2) is 61.6 Å². The van der Waals surface area contributed by atoms with E-state index < -0.39 is 65.7 Å². The average Bonchev–Trinajstić information content (AvgIpc) is 2.48. The summed E-state index contributed by atoms with van der Waals surface area (Å²) in [6.45, 7) is 8.66. The molecule has 28 heavy (non-hydrogen) atoms. The van der Waals surface area contributed by atoms with Gasteiger partial charge in [-0.15, -0.1) is 0 Å². The Bertz CT molecular complexity index is 746. The number of sulfonamides is 2. The molecule has 2 atom stereocenters. The van der Waals surface area contributed by atoms with Gasteiger partial charge in [0.05, 0.1) is 10.5 Å². The summed E-state index contributed by atoms with van der Waals surface area (Å²) in [5, 5.41) is 17.4. The highest BCUT2D eigenvalue weighted by Gasteiger charge is 2.27. The number of nitrogens with one attached hydrogen (secondary N) is 2. The molecular formula is C16H30N2O8S2. The van der Waals surface area contributed by atoms with Crippen molar-refractivity contribution in [1.82, 2.24) is 9.44 Å². The van der Waals surface area contributed by atoms with Crippen molar-refractivity contribution in [2.75, 3.05) is 0 Å². The lowest BCUT2D eigenvalue weighted by atomic mass is 9.97. The molecule has 4 N–H and O–H groups in total. The molecule has 0 aliphatic carbocycles. The SMILES string of the molecule is CC(C)S(=O)(=O)N[C@H](C)C/C(C(=O)O)=C(/C[C@@H](C)NS(=O)(=O)C(C)C)C(=O)O. The second-order valence-electron chi connectivity index (χ2n) is 7.20. The molecule has 0 aliphatic rings. The van der Waals surface area contributed by atoms with Gasteiger partial charge >= 0.3 is 11.9 Å². The van der Waals surface area contributed by atoms with Crippen LogP contribution in [0.15, 0.2) is 11.1 Å². The lowest BCUT2D eigenvalue weighted by molar-refractivity contribution is -0.136. The summed E-state index contributed by atoms with van der Waals surface area (Å²) >= 11 is 0. The van der Waals surface area contributed by atoms with Crippen LogP contribution in [0.3, 0.4) is 0 Å². The van der Waals surface area contributed by atoms with Crippen molar-refractivity contribution in [3.63, 3.8) is 0 Å². The van der Waals surface area contributed by atoms with Crippen LogP contribution >= 0.6 is 0 Å². The summed E-state index contributed by atoms with van der Waals surface area (Å²) in [5.41, 5.74) is -0.968. The van der Waals surface area contributed by atoms with Crippen LogP contribution < -0.4 is 9.44 Å². The standard InChI is InChI=1S/C16H30N2O8S2/c1-9(2)27(23,24)17-11(5)7-13(15(19)20)14(16(21)22)8-12(6)18-28(25,26)10(3)4/h9-12,17-18H,7-8H2,1-6H3,(H,19,20)(H,21,22)/b14-13+/t11-,12-/m1/s1. The second-order valence-corrected chi connectivity index (χ2v) is 11.7. The number of hydrogen-bond acceptors (Lipinski definition) is 6. The van der Waals surface area contributed by atoms with Gasteiger partial charge in [-0.2, -0.15) is 0 Å². The molecule has 0 saturated heterocycles. The van der Waals surface area contributed by atoms with Gasteiger partial charge in [0.1, 0.15) is 0 Å². The Morgan fingerprint density at radius 2 is 0.929 bits per heavy atom. The zero-order valence-electron chi connectivity index (χ0n) is 16.9. The Labute approximate surface area is 166 Å². The Kier molecular flexibility index (Phi) is 9.77. The predicted molar refractivity (Wildman–Crippen MR) is 105 cm³/mol. The zero-order chi connectivity index (χ0) is 22.4. The quantitative estimate of drug-likeness (QED) is 0.320. The number of rotatable bonds is 12. The Balaban J connectivity index is 5.71. The van der Waals surface area contributed by atoms with Crippen molar-refractivity contribution in [2.24, 2.45) is 0 Å². The third kappa shape index (κ3) is 8.25. The molecule has 0 aromatic rings. The van der Waals surface area contributed by atoms with E-state index in [1.54, 1.807) is 0 Å². The summed E-state index contributed by atoms with van der Waals surface area (Å²) in [5.74, 6) is -3.01. The fourth-order valence-corrected chi connectivity index (χ4v) is 4.04. The molecule has 164 valence electrons. The third-order valence-corrected chi connectivity index (χ3v) is 7.82. The summed E-state index contributed by atoms with van der Waals surface area (Å²) in [7, 11) is -7.35. The first-order valence-electron chi connectivity index (χ1n) is 8.72. The van der Waals surface area contributed by atoms with Gasteiger partial charge in [-0.05, 0) is 54.4 Å². The molecule has 0 heterocycles. The van der Waals surface area contributed by atoms with Crippen molar-refractivity contribution in [3.05, 3.63) is 11.1 Å². The van der Waals surface area contributed by atoms with Crippen LogP contribution in [-0.2, 0) is 29.6 Å². The minimum Gasteiger partial charge on any atom is -0.478 e. The monoisotopic (exact) mass is 442 g/mol. The van der Waals surface area contributed by atoms with E-state index in [2.05, 4.69) is 9.44 Å². The first-order chi connectivity index (χ1) is 12.5. The van der Waals surface area contributed by atoms with Gasteiger partial charge in [0.15, 0.2) is 0 Å². The lowest BCUT2D eigenvalue weighted by Gasteiger charge is -2.20. The van der Waals surface area contributed by atoms with Crippen LogP contribution in [0.25, 0.3) is 0 Å². The van der Waals surface area contributed by atoms with Crippen LogP contribution in [0, 0.1) is 0 Å². The number of carboxylic acid groups (broad SMARTS) is 2. The van der Waals surface area contributed by atoms with Gasteiger partial charge in [-0.25, -0.2) is 35.9 Å². The number of carbonyl (C=O) groups is 2. The first kappa shape index (κ1) is 26.5. The normalized spacial score (nSPS) is 16.0. The third-order valence-electron chi connectivity index (χ3n) is 3.87. The van der Waals surface area contributed by atoms with Crippen LogP contribution in [0.4, 0.5) is 0 Å². The Morgan fingerprint density at radius 1 is 0.679 bits per heavy atom. The fraction of sp³-hybridized carbons (Fsp3) is 0.750. The van der Waals surface area contributed by atoms with Gasteiger partial charge in [-0.3, -0.25) is 0 Å². The summed E-state index contributed by atoms with van der Waals surface area (Å²) in [6, 6.07) is -1.73. The maximum atomic E-state index is 11.9. The molecule has 0 bridgehead atoms. The van der Waals surface area contributed by atoms with E-state index in [9.17, 15) is 36.6 Å². The molecule has 0 fully saturated rings. The molecule has 0 spiro atoms. The van der Waals surface area contributed by atoms with Crippen LogP contribution in [0.2, 0.25) is 0 Å². The molecule has 0 unspecified atom stereocenters. The highest BCUT2D eigenvalue weighted by Crippen LogP contribution is 2.19. The van der Waals surface area contributed by atoms with Crippen molar-refractivity contribution >= 4 is 32.0 Å². The molecule has 0 radical (unpaired) electrons. The Morgan fingerprint density at radius 3 is 1.11 bits per heavy atom. The van der Waals surface area contributed by atoms with E-state index in [1.807, 2.05) is 0 Å². The van der Waals surface area contributed by atoms with Gasteiger partial charge in [-0.1, -0.05) is 0 Å². The van der Waals surface area contributed by atoms with Gasteiger partial charge < -0.3 is 10.2 Å². The number of hydrogen-bond donors (Lipinski definition) is 4. The Hall–Kier alpha value is -1.50. The highest BCUT2D eigenvalue weighted by molar-refractivity contribution is 7.90. The summed E-state index contributed by atoms with van der Waals surface area (Å²) in [4.78, 5) is 23.2. The van der Waals surface area contributed by atoms with E-state index in [0.717, 1.165) is 0 Å². The van der Waals surface area contributed by atoms with E-state index >= 15 is 0 Å². The van der Waals surface area contributed by atoms with Crippen LogP contribution in [0.5, 0.6) is 0 Å². The molecule has 0 aromatic carbocycles.